The lowest BCUT2D eigenvalue weighted by Crippen LogP contribution is -2.42. The highest BCUT2D eigenvalue weighted by atomic mass is 32.1. The van der Waals surface area contributed by atoms with Gasteiger partial charge in [-0.25, -0.2) is 4.79 Å². The van der Waals surface area contributed by atoms with Crippen molar-refractivity contribution in [1.82, 2.24) is 19.7 Å². The van der Waals surface area contributed by atoms with E-state index < -0.39 is 5.60 Å². The maximum absolute atomic E-state index is 12.8. The van der Waals surface area contributed by atoms with Gasteiger partial charge in [0, 0.05) is 30.7 Å². The highest BCUT2D eigenvalue weighted by Crippen LogP contribution is 2.29. The zero-order valence-electron chi connectivity index (χ0n) is 18.6. The second kappa shape index (κ2) is 8.37. The molecule has 30 heavy (non-hydrogen) atoms. The van der Waals surface area contributed by atoms with Crippen molar-refractivity contribution in [2.24, 2.45) is 0 Å². The van der Waals surface area contributed by atoms with E-state index in [0.717, 1.165) is 17.8 Å². The first kappa shape index (κ1) is 22.3. The average Bonchev–Trinajstić information content (AvgIpc) is 3.29. The standard InChI is InChI=1S/C21H31N5O3S/c1-20(2,3)17-23-24-18(30-17)22-16(27)15-8-7-11-26(15)14-9-12-25(13-10-14)19(28)29-21(4,5)6/h7-8,11,14H,9-10,12-13H2,1-6H3,(H,22,24,27). The van der Waals surface area contributed by atoms with Crippen molar-refractivity contribution in [3.63, 3.8) is 0 Å². The van der Waals surface area contributed by atoms with Gasteiger partial charge in [-0.1, -0.05) is 32.1 Å². The van der Waals surface area contributed by atoms with Crippen LogP contribution in [0, 0.1) is 0 Å². The normalized spacial score (nSPS) is 15.9. The number of hydrogen-bond donors (Lipinski definition) is 1. The average molecular weight is 434 g/mol. The van der Waals surface area contributed by atoms with Crippen LogP contribution >= 0.6 is 11.3 Å². The summed E-state index contributed by atoms with van der Waals surface area (Å²) in [4.78, 5) is 26.9. The van der Waals surface area contributed by atoms with Gasteiger partial charge < -0.3 is 14.2 Å². The number of carbonyl (C=O) groups excluding carboxylic acids is 2. The highest BCUT2D eigenvalue weighted by Gasteiger charge is 2.29. The minimum absolute atomic E-state index is 0.108. The molecule has 0 spiro atoms. The number of rotatable bonds is 3. The first-order valence-corrected chi connectivity index (χ1v) is 11.1. The van der Waals surface area contributed by atoms with E-state index in [4.69, 9.17) is 4.74 Å². The lowest BCUT2D eigenvalue weighted by molar-refractivity contribution is 0.0187. The molecule has 3 heterocycles. The monoisotopic (exact) mass is 433 g/mol. The van der Waals surface area contributed by atoms with Gasteiger partial charge >= 0.3 is 6.09 Å². The van der Waals surface area contributed by atoms with Gasteiger partial charge in [0.1, 0.15) is 16.3 Å². The van der Waals surface area contributed by atoms with Gasteiger partial charge in [-0.3, -0.25) is 10.1 Å². The molecular weight excluding hydrogens is 402 g/mol. The van der Waals surface area contributed by atoms with Crippen LogP contribution < -0.4 is 5.32 Å². The largest absolute Gasteiger partial charge is 0.444 e. The van der Waals surface area contributed by atoms with Crippen LogP contribution in [-0.2, 0) is 10.2 Å². The van der Waals surface area contributed by atoms with Crippen LogP contribution in [0.15, 0.2) is 18.3 Å². The molecule has 0 aromatic carbocycles. The number of piperidine rings is 1. The number of aromatic nitrogens is 3. The molecule has 1 N–H and O–H groups in total. The van der Waals surface area contributed by atoms with Crippen molar-refractivity contribution in [3.8, 4) is 0 Å². The highest BCUT2D eigenvalue weighted by molar-refractivity contribution is 7.15. The maximum atomic E-state index is 12.8. The molecule has 9 heteroatoms. The van der Waals surface area contributed by atoms with Crippen molar-refractivity contribution >= 4 is 28.5 Å². The molecule has 0 bridgehead atoms. The molecule has 0 atom stereocenters. The number of carbonyl (C=O) groups is 2. The number of amides is 2. The van der Waals surface area contributed by atoms with Crippen LogP contribution in [0.25, 0.3) is 0 Å². The second-order valence-corrected chi connectivity index (χ2v) is 10.6. The van der Waals surface area contributed by atoms with Gasteiger partial charge in [-0.2, -0.15) is 0 Å². The van der Waals surface area contributed by atoms with E-state index in [-0.39, 0.29) is 23.5 Å². The van der Waals surface area contributed by atoms with E-state index in [1.807, 2.05) is 37.6 Å². The Morgan fingerprint density at radius 3 is 2.37 bits per heavy atom. The third kappa shape index (κ3) is 5.38. The molecule has 0 radical (unpaired) electrons. The number of ether oxygens (including phenoxy) is 1. The Morgan fingerprint density at radius 1 is 1.13 bits per heavy atom. The summed E-state index contributed by atoms with van der Waals surface area (Å²) in [6.45, 7) is 13.0. The second-order valence-electron chi connectivity index (χ2n) is 9.62. The summed E-state index contributed by atoms with van der Waals surface area (Å²) in [6, 6.07) is 3.83. The first-order chi connectivity index (χ1) is 13.9. The molecule has 1 saturated heterocycles. The lowest BCUT2D eigenvalue weighted by atomic mass is 9.98. The van der Waals surface area contributed by atoms with Crippen LogP contribution in [0.3, 0.4) is 0 Å². The van der Waals surface area contributed by atoms with Gasteiger partial charge in [0.2, 0.25) is 5.13 Å². The SMILES string of the molecule is CC(C)(C)OC(=O)N1CCC(n2cccc2C(=O)Nc2nnc(C(C)(C)C)s2)CC1. The Hall–Kier alpha value is -2.42. The Balaban J connectivity index is 1.62. The number of anilines is 1. The Morgan fingerprint density at radius 2 is 1.80 bits per heavy atom. The van der Waals surface area contributed by atoms with Crippen molar-refractivity contribution < 1.29 is 14.3 Å². The van der Waals surface area contributed by atoms with Gasteiger partial charge in [0.25, 0.3) is 5.91 Å². The van der Waals surface area contributed by atoms with E-state index >= 15 is 0 Å². The van der Waals surface area contributed by atoms with E-state index in [2.05, 4.69) is 36.3 Å². The number of nitrogens with one attached hydrogen (secondary N) is 1. The fourth-order valence-electron chi connectivity index (χ4n) is 3.30. The van der Waals surface area contributed by atoms with E-state index in [9.17, 15) is 9.59 Å². The van der Waals surface area contributed by atoms with E-state index in [1.165, 1.54) is 11.3 Å². The first-order valence-electron chi connectivity index (χ1n) is 10.2. The van der Waals surface area contributed by atoms with Crippen LogP contribution in [-0.4, -0.2) is 50.4 Å². The Kier molecular flexibility index (Phi) is 6.21. The predicted molar refractivity (Wildman–Crippen MR) is 117 cm³/mol. The maximum Gasteiger partial charge on any atom is 0.410 e. The molecule has 0 unspecified atom stereocenters. The van der Waals surface area contributed by atoms with E-state index in [0.29, 0.717) is 23.9 Å². The molecular formula is C21H31N5O3S. The molecule has 2 amide bonds. The summed E-state index contributed by atoms with van der Waals surface area (Å²) in [5.74, 6) is -0.203. The predicted octanol–water partition coefficient (Wildman–Crippen LogP) is 4.46. The van der Waals surface area contributed by atoms with Crippen molar-refractivity contribution in [3.05, 3.63) is 29.0 Å². The fraction of sp³-hybridized carbons (Fsp3) is 0.619. The molecule has 1 aliphatic rings. The summed E-state index contributed by atoms with van der Waals surface area (Å²) in [5, 5.41) is 12.5. The van der Waals surface area contributed by atoms with Crippen LogP contribution in [0.4, 0.5) is 9.93 Å². The number of hydrogen-bond acceptors (Lipinski definition) is 6. The zero-order valence-corrected chi connectivity index (χ0v) is 19.4. The topological polar surface area (TPSA) is 89.4 Å². The van der Waals surface area contributed by atoms with E-state index in [1.54, 1.807) is 11.0 Å². The van der Waals surface area contributed by atoms with Gasteiger partial charge in [-0.15, -0.1) is 10.2 Å². The molecule has 0 saturated carbocycles. The summed E-state index contributed by atoms with van der Waals surface area (Å²) >= 11 is 1.39. The van der Waals surface area contributed by atoms with Crippen molar-refractivity contribution in [2.75, 3.05) is 18.4 Å². The number of likely N-dealkylation sites (tertiary alicyclic amines) is 1. The van der Waals surface area contributed by atoms with Gasteiger partial charge in [0.05, 0.1) is 0 Å². The molecule has 1 fully saturated rings. The molecule has 8 nitrogen and oxygen atoms in total. The van der Waals surface area contributed by atoms with Crippen LogP contribution in [0.5, 0.6) is 0 Å². The third-order valence-corrected chi connectivity index (χ3v) is 6.07. The molecule has 2 aromatic rings. The van der Waals surface area contributed by atoms with Crippen molar-refractivity contribution in [1.29, 1.82) is 0 Å². The van der Waals surface area contributed by atoms with Crippen LogP contribution in [0.2, 0.25) is 0 Å². The Bertz CT molecular complexity index is 898. The minimum atomic E-state index is -0.503. The molecule has 2 aromatic heterocycles. The summed E-state index contributed by atoms with van der Waals surface area (Å²) < 4.78 is 7.46. The summed E-state index contributed by atoms with van der Waals surface area (Å²) in [6.07, 6.45) is 3.17. The van der Waals surface area contributed by atoms with Crippen molar-refractivity contribution in [2.45, 2.75) is 71.4 Å². The minimum Gasteiger partial charge on any atom is -0.444 e. The molecule has 164 valence electrons. The Labute approximate surface area is 181 Å². The smallest absolute Gasteiger partial charge is 0.410 e. The lowest BCUT2D eigenvalue weighted by Gasteiger charge is -2.34. The molecule has 3 rings (SSSR count). The van der Waals surface area contributed by atoms with Gasteiger partial charge in [-0.05, 0) is 45.7 Å². The summed E-state index contributed by atoms with van der Waals surface area (Å²) in [7, 11) is 0. The zero-order chi connectivity index (χ0) is 22.1. The number of nitrogens with zero attached hydrogens (tertiary/aromatic N) is 4. The van der Waals surface area contributed by atoms with Crippen LogP contribution in [0.1, 0.15) is 75.9 Å². The molecule has 1 aliphatic heterocycles. The molecule has 0 aliphatic carbocycles. The quantitative estimate of drug-likeness (QED) is 0.772. The fourth-order valence-corrected chi connectivity index (χ4v) is 4.09. The van der Waals surface area contributed by atoms with Gasteiger partial charge in [0.15, 0.2) is 0 Å². The third-order valence-electron chi connectivity index (χ3n) is 4.81. The summed E-state index contributed by atoms with van der Waals surface area (Å²) in [5.41, 5.74) is -0.0293.